The molecule has 0 fully saturated rings. The highest BCUT2D eigenvalue weighted by Gasteiger charge is 2.09. The van der Waals surface area contributed by atoms with E-state index in [0.29, 0.717) is 0 Å². The summed E-state index contributed by atoms with van der Waals surface area (Å²) in [5.74, 6) is -0.962. The Bertz CT molecular complexity index is 757. The van der Waals surface area contributed by atoms with Crippen LogP contribution in [0.5, 0.6) is 0 Å². The summed E-state index contributed by atoms with van der Waals surface area (Å²) >= 11 is 0. The van der Waals surface area contributed by atoms with E-state index in [9.17, 15) is 4.79 Å². The molecule has 0 bridgehead atoms. The number of para-hydroxylation sites is 1. The second-order valence-electron chi connectivity index (χ2n) is 4.38. The van der Waals surface area contributed by atoms with Crippen molar-refractivity contribution in [2.75, 3.05) is 0 Å². The number of carbonyl (C=O) groups is 1. The Morgan fingerprint density at radius 1 is 1.21 bits per heavy atom. The molecule has 0 aliphatic rings. The summed E-state index contributed by atoms with van der Waals surface area (Å²) in [6.07, 6.45) is 1.38. The lowest BCUT2D eigenvalue weighted by atomic mass is 10.2. The molecule has 1 N–H and O–H groups in total. The summed E-state index contributed by atoms with van der Waals surface area (Å²) in [6.45, 7) is 0. The third-order valence-corrected chi connectivity index (χ3v) is 3.22. The molecule has 2 aromatic heterocycles. The van der Waals surface area contributed by atoms with E-state index in [1.165, 1.54) is 6.20 Å². The van der Waals surface area contributed by atoms with Gasteiger partial charge in [0.15, 0.2) is 0 Å². The lowest BCUT2D eigenvalue weighted by Gasteiger charge is -2.03. The predicted octanol–water partition coefficient (Wildman–Crippen LogP) is 2.94. The van der Waals surface area contributed by atoms with Gasteiger partial charge in [0.2, 0.25) is 0 Å². The molecule has 3 aromatic rings. The molecule has 2 heterocycles. The van der Waals surface area contributed by atoms with Crippen LogP contribution >= 0.6 is 0 Å². The normalized spacial score (nSPS) is 10.8. The summed E-state index contributed by atoms with van der Waals surface area (Å²) in [7, 11) is 1.98. The summed E-state index contributed by atoms with van der Waals surface area (Å²) in [5, 5.41) is 10.0. The smallest absolute Gasteiger partial charge is 0.337 e. The van der Waals surface area contributed by atoms with Gasteiger partial charge in [-0.25, -0.2) is 4.79 Å². The minimum atomic E-state index is -0.962. The monoisotopic (exact) mass is 252 g/mol. The standard InChI is InChI=1S/C15H12N2O2/c1-17-13-5-3-2-4-10(13)8-14(17)12-7-6-11(9-16-12)15(18)19/h2-9H,1H3,(H,18,19). The molecule has 0 saturated carbocycles. The Labute approximate surface area is 109 Å². The van der Waals surface area contributed by atoms with Gasteiger partial charge in [-0.3, -0.25) is 4.98 Å². The van der Waals surface area contributed by atoms with Gasteiger partial charge in [-0.2, -0.15) is 0 Å². The number of carboxylic acids is 1. The predicted molar refractivity (Wildman–Crippen MR) is 73.1 cm³/mol. The number of benzene rings is 1. The van der Waals surface area contributed by atoms with Crippen molar-refractivity contribution in [2.24, 2.45) is 7.05 Å². The largest absolute Gasteiger partial charge is 0.478 e. The number of aromatic nitrogens is 2. The fourth-order valence-electron chi connectivity index (χ4n) is 2.21. The van der Waals surface area contributed by atoms with Crippen LogP contribution in [0.3, 0.4) is 0 Å². The molecular formula is C15H12N2O2. The molecular weight excluding hydrogens is 240 g/mol. The molecule has 0 aliphatic carbocycles. The van der Waals surface area contributed by atoms with Crippen molar-refractivity contribution >= 4 is 16.9 Å². The van der Waals surface area contributed by atoms with Crippen molar-refractivity contribution in [3.63, 3.8) is 0 Å². The maximum atomic E-state index is 10.8. The van der Waals surface area contributed by atoms with Gasteiger partial charge in [-0.05, 0) is 24.3 Å². The van der Waals surface area contributed by atoms with Crippen molar-refractivity contribution in [1.29, 1.82) is 0 Å². The van der Waals surface area contributed by atoms with Crippen molar-refractivity contribution in [1.82, 2.24) is 9.55 Å². The minimum absolute atomic E-state index is 0.197. The SMILES string of the molecule is Cn1c(-c2ccc(C(=O)O)cn2)cc2ccccc21. The van der Waals surface area contributed by atoms with Gasteiger partial charge in [-0.1, -0.05) is 18.2 Å². The average Bonchev–Trinajstić information content (AvgIpc) is 2.77. The van der Waals surface area contributed by atoms with E-state index in [2.05, 4.69) is 15.6 Å². The Kier molecular flexibility index (Phi) is 2.56. The maximum absolute atomic E-state index is 10.8. The second kappa shape index (κ2) is 4.24. The zero-order valence-electron chi connectivity index (χ0n) is 10.4. The highest BCUT2D eigenvalue weighted by Crippen LogP contribution is 2.25. The zero-order chi connectivity index (χ0) is 13.4. The van der Waals surface area contributed by atoms with Crippen LogP contribution < -0.4 is 0 Å². The average molecular weight is 252 g/mol. The molecule has 0 atom stereocenters. The summed E-state index contributed by atoms with van der Waals surface area (Å²) in [5.41, 5.74) is 3.06. The van der Waals surface area contributed by atoms with E-state index in [1.807, 2.05) is 31.3 Å². The third-order valence-electron chi connectivity index (χ3n) is 3.22. The first kappa shape index (κ1) is 11.5. The van der Waals surface area contributed by atoms with Gasteiger partial charge in [-0.15, -0.1) is 0 Å². The van der Waals surface area contributed by atoms with Gasteiger partial charge < -0.3 is 9.67 Å². The molecule has 0 spiro atoms. The molecule has 4 nitrogen and oxygen atoms in total. The molecule has 0 saturated heterocycles. The van der Waals surface area contributed by atoms with Crippen LogP contribution in [-0.2, 0) is 7.05 Å². The third kappa shape index (κ3) is 1.87. The Balaban J connectivity index is 2.13. The van der Waals surface area contributed by atoms with E-state index in [0.717, 1.165) is 22.3 Å². The summed E-state index contributed by atoms with van der Waals surface area (Å²) < 4.78 is 2.05. The molecule has 0 radical (unpaired) electrons. The number of hydrogen-bond donors (Lipinski definition) is 1. The van der Waals surface area contributed by atoms with Gasteiger partial charge in [0.25, 0.3) is 0 Å². The van der Waals surface area contributed by atoms with E-state index >= 15 is 0 Å². The van der Waals surface area contributed by atoms with Crippen LogP contribution in [-0.4, -0.2) is 20.6 Å². The molecule has 0 amide bonds. The fourth-order valence-corrected chi connectivity index (χ4v) is 2.21. The number of pyridine rings is 1. The van der Waals surface area contributed by atoms with Crippen LogP contribution in [0.2, 0.25) is 0 Å². The van der Waals surface area contributed by atoms with E-state index < -0.39 is 5.97 Å². The molecule has 0 aliphatic heterocycles. The van der Waals surface area contributed by atoms with E-state index in [1.54, 1.807) is 12.1 Å². The quantitative estimate of drug-likeness (QED) is 0.763. The minimum Gasteiger partial charge on any atom is -0.478 e. The topological polar surface area (TPSA) is 55.1 Å². The fraction of sp³-hybridized carbons (Fsp3) is 0.0667. The number of rotatable bonds is 2. The van der Waals surface area contributed by atoms with Gasteiger partial charge >= 0.3 is 5.97 Å². The summed E-state index contributed by atoms with van der Waals surface area (Å²) in [6, 6.07) is 13.4. The highest BCUT2D eigenvalue weighted by atomic mass is 16.4. The number of nitrogens with zero attached hydrogens (tertiary/aromatic N) is 2. The maximum Gasteiger partial charge on any atom is 0.337 e. The van der Waals surface area contributed by atoms with Crippen LogP contribution in [0.4, 0.5) is 0 Å². The number of aromatic carboxylic acids is 1. The van der Waals surface area contributed by atoms with Crippen LogP contribution in [0, 0.1) is 0 Å². The van der Waals surface area contributed by atoms with Crippen molar-refractivity contribution in [2.45, 2.75) is 0 Å². The Morgan fingerprint density at radius 2 is 2.00 bits per heavy atom. The second-order valence-corrected chi connectivity index (χ2v) is 4.38. The van der Waals surface area contributed by atoms with Crippen LogP contribution in [0.15, 0.2) is 48.7 Å². The molecule has 4 heteroatoms. The van der Waals surface area contributed by atoms with Crippen LogP contribution in [0.25, 0.3) is 22.3 Å². The molecule has 0 unspecified atom stereocenters. The van der Waals surface area contributed by atoms with E-state index in [4.69, 9.17) is 5.11 Å². The molecule has 1 aromatic carbocycles. The van der Waals surface area contributed by atoms with Crippen molar-refractivity contribution in [3.8, 4) is 11.4 Å². The molecule has 94 valence electrons. The molecule has 3 rings (SSSR count). The molecule has 19 heavy (non-hydrogen) atoms. The highest BCUT2D eigenvalue weighted by molar-refractivity contribution is 5.88. The van der Waals surface area contributed by atoms with Crippen molar-refractivity contribution < 1.29 is 9.90 Å². The van der Waals surface area contributed by atoms with Crippen molar-refractivity contribution in [3.05, 3.63) is 54.2 Å². The number of aryl methyl sites for hydroxylation is 1. The van der Waals surface area contributed by atoms with Gasteiger partial charge in [0, 0.05) is 24.1 Å². The number of hydrogen-bond acceptors (Lipinski definition) is 2. The van der Waals surface area contributed by atoms with Gasteiger partial charge in [0.05, 0.1) is 17.0 Å². The lowest BCUT2D eigenvalue weighted by Crippen LogP contribution is -1.98. The van der Waals surface area contributed by atoms with Crippen LogP contribution in [0.1, 0.15) is 10.4 Å². The van der Waals surface area contributed by atoms with Gasteiger partial charge in [0.1, 0.15) is 0 Å². The summed E-state index contributed by atoms with van der Waals surface area (Å²) in [4.78, 5) is 15.0. The first-order valence-corrected chi connectivity index (χ1v) is 5.91. The first-order chi connectivity index (χ1) is 9.16. The Hall–Kier alpha value is -2.62. The number of carboxylic acid groups (broad SMARTS) is 1. The lowest BCUT2D eigenvalue weighted by molar-refractivity contribution is 0.0696. The number of fused-ring (bicyclic) bond motifs is 1. The first-order valence-electron chi connectivity index (χ1n) is 5.91. The Morgan fingerprint density at radius 3 is 2.63 bits per heavy atom. The van der Waals surface area contributed by atoms with E-state index in [-0.39, 0.29) is 5.56 Å². The zero-order valence-corrected chi connectivity index (χ0v) is 10.4.